The first-order valence-corrected chi connectivity index (χ1v) is 7.75. The summed E-state index contributed by atoms with van der Waals surface area (Å²) in [6.07, 6.45) is 1.51. The molecule has 0 saturated heterocycles. The number of ether oxygens (including phenoxy) is 1. The van der Waals surface area contributed by atoms with E-state index in [1.165, 1.54) is 17.6 Å². The molecule has 0 spiro atoms. The number of hydrogen-bond donors (Lipinski definition) is 0. The van der Waals surface area contributed by atoms with Gasteiger partial charge in [-0.25, -0.2) is 14.8 Å². The van der Waals surface area contributed by atoms with Crippen LogP contribution in [0.4, 0.5) is 0 Å². The van der Waals surface area contributed by atoms with Crippen molar-refractivity contribution in [1.82, 2.24) is 9.97 Å². The van der Waals surface area contributed by atoms with Crippen LogP contribution < -0.4 is 5.63 Å². The zero-order chi connectivity index (χ0) is 16.0. The monoisotopic (exact) mass is 328 g/mol. The Kier molecular flexibility index (Phi) is 3.24. The maximum absolute atomic E-state index is 12.3. The van der Waals surface area contributed by atoms with E-state index < -0.39 is 5.63 Å². The second-order valence-corrected chi connectivity index (χ2v) is 6.10. The Balaban J connectivity index is 2.11. The molecule has 0 atom stereocenters. The molecule has 4 rings (SSSR count). The molecule has 0 unspecified atom stereocenters. The Morgan fingerprint density at radius 3 is 2.96 bits per heavy atom. The number of pyridine rings is 1. The highest BCUT2D eigenvalue weighted by Gasteiger charge is 2.19. The fourth-order valence-corrected chi connectivity index (χ4v) is 3.66. The molecule has 0 aliphatic heterocycles. The van der Waals surface area contributed by atoms with Gasteiger partial charge in [-0.3, -0.25) is 0 Å². The molecule has 7 heteroatoms. The van der Waals surface area contributed by atoms with E-state index in [0.717, 1.165) is 21.5 Å². The van der Waals surface area contributed by atoms with Crippen molar-refractivity contribution in [3.8, 4) is 11.7 Å². The van der Waals surface area contributed by atoms with Crippen LogP contribution >= 0.6 is 11.3 Å². The van der Waals surface area contributed by atoms with Crippen LogP contribution in [0.15, 0.2) is 38.1 Å². The molecule has 6 nitrogen and oxygen atoms in total. The molecule has 0 aliphatic carbocycles. The second kappa shape index (κ2) is 5.29. The minimum Gasteiger partial charge on any atom is -0.459 e. The van der Waals surface area contributed by atoms with Crippen LogP contribution in [0.2, 0.25) is 0 Å². The number of aryl methyl sites for hydroxylation is 1. The van der Waals surface area contributed by atoms with Crippen LogP contribution in [0.1, 0.15) is 11.3 Å². The molecular formula is C16H12N2O4S. The quantitative estimate of drug-likeness (QED) is 0.572. The smallest absolute Gasteiger partial charge is 0.357 e. The second-order valence-electron chi connectivity index (χ2n) is 5.10. The molecule has 0 bridgehead atoms. The topological polar surface area (TPSA) is 78.4 Å². The van der Waals surface area contributed by atoms with Gasteiger partial charge in [0.05, 0.1) is 12.9 Å². The van der Waals surface area contributed by atoms with E-state index in [1.807, 2.05) is 13.0 Å². The van der Waals surface area contributed by atoms with Crippen molar-refractivity contribution >= 4 is 31.8 Å². The predicted molar refractivity (Wildman–Crippen MR) is 86.6 cm³/mol. The molecule has 0 radical (unpaired) electrons. The SMILES string of the molecule is COCc1cc(C)nc2sc3c(=O)oc(-c4ccco4)nc3c12. The van der Waals surface area contributed by atoms with Gasteiger partial charge in [0.1, 0.15) is 15.0 Å². The first-order chi connectivity index (χ1) is 11.2. The number of aromatic nitrogens is 2. The predicted octanol–water partition coefficient (Wildman–Crippen LogP) is 3.51. The zero-order valence-corrected chi connectivity index (χ0v) is 13.3. The molecule has 23 heavy (non-hydrogen) atoms. The van der Waals surface area contributed by atoms with E-state index in [0.29, 0.717) is 22.6 Å². The third kappa shape index (κ3) is 2.25. The van der Waals surface area contributed by atoms with Crippen LogP contribution in [0.3, 0.4) is 0 Å². The van der Waals surface area contributed by atoms with Gasteiger partial charge in [-0.05, 0) is 30.7 Å². The summed E-state index contributed by atoms with van der Waals surface area (Å²) in [6.45, 7) is 2.33. The number of fused-ring (bicyclic) bond motifs is 3. The fraction of sp³-hybridized carbons (Fsp3) is 0.188. The molecular weight excluding hydrogens is 316 g/mol. The highest BCUT2D eigenvalue weighted by atomic mass is 32.1. The average molecular weight is 328 g/mol. The van der Waals surface area contributed by atoms with Gasteiger partial charge in [-0.1, -0.05) is 0 Å². The molecule has 0 fully saturated rings. The minimum absolute atomic E-state index is 0.163. The highest BCUT2D eigenvalue weighted by Crippen LogP contribution is 2.34. The van der Waals surface area contributed by atoms with Crippen molar-refractivity contribution in [3.63, 3.8) is 0 Å². The van der Waals surface area contributed by atoms with Gasteiger partial charge in [-0.2, -0.15) is 0 Å². The van der Waals surface area contributed by atoms with Gasteiger partial charge in [-0.15, -0.1) is 11.3 Å². The first-order valence-electron chi connectivity index (χ1n) is 6.94. The number of methoxy groups -OCH3 is 1. The van der Waals surface area contributed by atoms with Gasteiger partial charge in [0.2, 0.25) is 0 Å². The van der Waals surface area contributed by atoms with Crippen LogP contribution in [0.25, 0.3) is 32.1 Å². The summed E-state index contributed by atoms with van der Waals surface area (Å²) >= 11 is 1.28. The maximum atomic E-state index is 12.3. The third-order valence-corrected chi connectivity index (χ3v) is 4.52. The van der Waals surface area contributed by atoms with Crippen LogP contribution in [-0.4, -0.2) is 17.1 Å². The molecule has 0 saturated carbocycles. The third-order valence-electron chi connectivity index (χ3n) is 3.47. The van der Waals surface area contributed by atoms with Gasteiger partial charge in [0, 0.05) is 18.2 Å². The lowest BCUT2D eigenvalue weighted by atomic mass is 10.1. The van der Waals surface area contributed by atoms with E-state index >= 15 is 0 Å². The van der Waals surface area contributed by atoms with Crippen molar-refractivity contribution in [3.05, 3.63) is 46.1 Å². The first kappa shape index (κ1) is 14.1. The number of nitrogens with zero attached hydrogens (tertiary/aromatic N) is 2. The molecule has 0 aromatic carbocycles. The molecule has 0 aliphatic rings. The Labute approximate surface area is 134 Å². The largest absolute Gasteiger partial charge is 0.459 e. The number of thiophene rings is 1. The Morgan fingerprint density at radius 2 is 2.22 bits per heavy atom. The molecule has 4 heterocycles. The van der Waals surface area contributed by atoms with Crippen molar-refractivity contribution < 1.29 is 13.6 Å². The molecule has 4 aromatic rings. The summed E-state index contributed by atoms with van der Waals surface area (Å²) < 4.78 is 16.3. The Morgan fingerprint density at radius 1 is 1.35 bits per heavy atom. The molecule has 0 N–H and O–H groups in total. The van der Waals surface area contributed by atoms with Crippen LogP contribution in [0, 0.1) is 6.92 Å². The van der Waals surface area contributed by atoms with Gasteiger partial charge >= 0.3 is 5.63 Å². The molecule has 116 valence electrons. The summed E-state index contributed by atoms with van der Waals surface area (Å²) in [7, 11) is 1.63. The zero-order valence-electron chi connectivity index (χ0n) is 12.5. The van der Waals surface area contributed by atoms with E-state index in [-0.39, 0.29) is 5.89 Å². The highest BCUT2D eigenvalue weighted by molar-refractivity contribution is 7.25. The van der Waals surface area contributed by atoms with Crippen LogP contribution in [0.5, 0.6) is 0 Å². The van der Waals surface area contributed by atoms with E-state index in [4.69, 9.17) is 13.6 Å². The molecule has 0 amide bonds. The summed E-state index contributed by atoms with van der Waals surface area (Å²) in [6, 6.07) is 5.36. The summed E-state index contributed by atoms with van der Waals surface area (Å²) in [5.41, 5.74) is 1.95. The molecule has 4 aromatic heterocycles. The van der Waals surface area contributed by atoms with Gasteiger partial charge in [0.25, 0.3) is 5.89 Å². The van der Waals surface area contributed by atoms with Gasteiger partial charge in [0.15, 0.2) is 5.76 Å². The number of hydrogen-bond acceptors (Lipinski definition) is 7. The number of furan rings is 1. The van der Waals surface area contributed by atoms with E-state index in [1.54, 1.807) is 19.2 Å². The van der Waals surface area contributed by atoms with Gasteiger partial charge < -0.3 is 13.6 Å². The lowest BCUT2D eigenvalue weighted by Crippen LogP contribution is -2.00. The van der Waals surface area contributed by atoms with Crippen molar-refractivity contribution in [2.24, 2.45) is 0 Å². The fourth-order valence-electron chi connectivity index (χ4n) is 2.57. The summed E-state index contributed by atoms with van der Waals surface area (Å²) in [4.78, 5) is 22.1. The minimum atomic E-state index is -0.439. The number of rotatable bonds is 3. The van der Waals surface area contributed by atoms with Crippen molar-refractivity contribution in [2.45, 2.75) is 13.5 Å². The lowest BCUT2D eigenvalue weighted by Gasteiger charge is -2.04. The maximum Gasteiger partial charge on any atom is 0.357 e. The van der Waals surface area contributed by atoms with Crippen LogP contribution in [-0.2, 0) is 11.3 Å². The van der Waals surface area contributed by atoms with Crippen molar-refractivity contribution in [1.29, 1.82) is 0 Å². The van der Waals surface area contributed by atoms with E-state index in [2.05, 4.69) is 9.97 Å². The summed E-state index contributed by atoms with van der Waals surface area (Å²) in [5, 5.41) is 0.832. The average Bonchev–Trinajstić information content (AvgIpc) is 3.14. The Hall–Kier alpha value is -2.51. The standard InChI is InChI=1S/C16H12N2O4S/c1-8-6-9(7-20-2)11-12-13(23-15(11)17-8)16(19)22-14(18-12)10-4-3-5-21-10/h3-6H,7H2,1-2H3. The Bertz CT molecular complexity index is 1060. The normalized spacial score (nSPS) is 11.6. The van der Waals surface area contributed by atoms with Crippen molar-refractivity contribution in [2.75, 3.05) is 7.11 Å². The van der Waals surface area contributed by atoms with E-state index in [9.17, 15) is 4.79 Å². The lowest BCUT2D eigenvalue weighted by molar-refractivity contribution is 0.186. The summed E-state index contributed by atoms with van der Waals surface area (Å²) in [5.74, 6) is 0.577.